The number of likely N-dealkylation sites (tertiary alicyclic amines) is 1. The molecule has 1 saturated carbocycles. The number of nitrogens with zero attached hydrogens (tertiary/aromatic N) is 1. The van der Waals surface area contributed by atoms with E-state index in [2.05, 4.69) is 0 Å². The average Bonchev–Trinajstić information content (AvgIpc) is 3.48. The number of carbonyl (C=O) groups excluding carboxylic acids is 2. The summed E-state index contributed by atoms with van der Waals surface area (Å²) in [6.07, 6.45) is 3.68. The quantitative estimate of drug-likeness (QED) is 0.455. The third-order valence-corrected chi connectivity index (χ3v) is 5.89. The molecular formula is C23H25NO6. The Morgan fingerprint density at radius 1 is 1.07 bits per heavy atom. The van der Waals surface area contributed by atoms with Crippen molar-refractivity contribution in [1.82, 2.24) is 4.90 Å². The number of benzene rings is 1. The number of amides is 1. The van der Waals surface area contributed by atoms with Gasteiger partial charge in [-0.25, -0.2) is 0 Å². The number of Topliss-reactive ketones (excluding diaryl/α,β-unsaturated/α-hetero) is 1. The molecule has 2 aliphatic rings. The highest BCUT2D eigenvalue weighted by Gasteiger charge is 2.50. The van der Waals surface area contributed by atoms with Gasteiger partial charge in [-0.05, 0) is 50.1 Å². The molecule has 1 amide bonds. The molecule has 1 unspecified atom stereocenters. The van der Waals surface area contributed by atoms with Gasteiger partial charge in [0.1, 0.15) is 23.3 Å². The first kappa shape index (κ1) is 20.1. The summed E-state index contributed by atoms with van der Waals surface area (Å²) in [6.45, 7) is 1.81. The van der Waals surface area contributed by atoms with Gasteiger partial charge in [-0.2, -0.15) is 0 Å². The van der Waals surface area contributed by atoms with E-state index in [0.29, 0.717) is 28.6 Å². The normalized spacial score (nSPS) is 21.4. The Hall–Kier alpha value is -3.22. The lowest BCUT2D eigenvalue weighted by molar-refractivity contribution is -0.141. The Morgan fingerprint density at radius 3 is 2.37 bits per heavy atom. The van der Waals surface area contributed by atoms with Gasteiger partial charge >= 0.3 is 0 Å². The molecule has 1 aliphatic carbocycles. The number of carbonyl (C=O) groups is 2. The zero-order valence-corrected chi connectivity index (χ0v) is 17.3. The SMILES string of the molecule is COc1ccc(/C(O)=C2/C(=O)C(=O)N(C3CCCC3)C2c2ccc(C)o2)cc1OC. The Morgan fingerprint density at radius 2 is 1.77 bits per heavy atom. The van der Waals surface area contributed by atoms with E-state index in [1.807, 2.05) is 0 Å². The summed E-state index contributed by atoms with van der Waals surface area (Å²) in [7, 11) is 3.01. The topological polar surface area (TPSA) is 89.2 Å². The van der Waals surface area contributed by atoms with Crippen LogP contribution in [0.3, 0.4) is 0 Å². The minimum Gasteiger partial charge on any atom is -0.507 e. The van der Waals surface area contributed by atoms with Gasteiger partial charge in [-0.1, -0.05) is 12.8 Å². The van der Waals surface area contributed by atoms with Crippen LogP contribution in [0.15, 0.2) is 40.3 Å². The Bertz CT molecular complexity index is 1010. The summed E-state index contributed by atoms with van der Waals surface area (Å²) < 4.78 is 16.4. The van der Waals surface area contributed by atoms with Gasteiger partial charge in [0, 0.05) is 11.6 Å². The second-order valence-electron chi connectivity index (χ2n) is 7.66. The second-order valence-corrected chi connectivity index (χ2v) is 7.66. The monoisotopic (exact) mass is 411 g/mol. The van der Waals surface area contributed by atoms with Gasteiger partial charge in [-0.15, -0.1) is 0 Å². The molecule has 2 heterocycles. The summed E-state index contributed by atoms with van der Waals surface area (Å²) in [5.74, 6) is 0.509. The standard InChI is InChI=1S/C23H25NO6/c1-13-8-10-17(30-13)20-19(22(26)23(27)24(20)15-6-4-5-7-15)21(25)14-9-11-16(28-2)18(12-14)29-3/h8-12,15,20,25H,4-7H2,1-3H3/b21-19-. The number of hydrogen-bond acceptors (Lipinski definition) is 6. The van der Waals surface area contributed by atoms with Gasteiger partial charge in [0.15, 0.2) is 11.5 Å². The molecule has 30 heavy (non-hydrogen) atoms. The van der Waals surface area contributed by atoms with Crippen LogP contribution in [0.5, 0.6) is 11.5 Å². The zero-order valence-electron chi connectivity index (χ0n) is 17.3. The number of methoxy groups -OCH3 is 2. The lowest BCUT2D eigenvalue weighted by Crippen LogP contribution is -2.37. The second kappa shape index (κ2) is 7.89. The highest BCUT2D eigenvalue weighted by atomic mass is 16.5. The fraction of sp³-hybridized carbons (Fsp3) is 0.391. The summed E-state index contributed by atoms with van der Waals surface area (Å²) in [6, 6.07) is 7.61. The van der Waals surface area contributed by atoms with Crippen LogP contribution in [-0.2, 0) is 9.59 Å². The van der Waals surface area contributed by atoms with Crippen LogP contribution in [0.25, 0.3) is 5.76 Å². The van der Waals surface area contributed by atoms with Gasteiger partial charge in [0.2, 0.25) is 0 Å². The maximum Gasteiger partial charge on any atom is 0.296 e. The molecule has 1 atom stereocenters. The van der Waals surface area contributed by atoms with E-state index in [9.17, 15) is 14.7 Å². The molecule has 1 aromatic carbocycles. The molecule has 0 spiro atoms. The molecule has 7 nitrogen and oxygen atoms in total. The van der Waals surface area contributed by atoms with Crippen LogP contribution in [0.2, 0.25) is 0 Å². The number of rotatable bonds is 5. The van der Waals surface area contributed by atoms with Crippen molar-refractivity contribution in [3.05, 3.63) is 53.0 Å². The number of ether oxygens (including phenoxy) is 2. The van der Waals surface area contributed by atoms with E-state index >= 15 is 0 Å². The van der Waals surface area contributed by atoms with Crippen molar-refractivity contribution < 1.29 is 28.6 Å². The van der Waals surface area contributed by atoms with E-state index in [1.165, 1.54) is 14.2 Å². The van der Waals surface area contributed by atoms with Crippen LogP contribution in [0.1, 0.15) is 48.8 Å². The molecule has 1 aromatic heterocycles. The van der Waals surface area contributed by atoms with E-state index in [0.717, 1.165) is 25.7 Å². The largest absolute Gasteiger partial charge is 0.507 e. The predicted octanol–water partition coefficient (Wildman–Crippen LogP) is 3.97. The lowest BCUT2D eigenvalue weighted by Gasteiger charge is -2.29. The number of hydrogen-bond donors (Lipinski definition) is 1. The van der Waals surface area contributed by atoms with Crippen molar-refractivity contribution >= 4 is 17.4 Å². The number of furan rings is 1. The fourth-order valence-electron chi connectivity index (χ4n) is 4.43. The van der Waals surface area contributed by atoms with Crippen molar-refractivity contribution in [2.75, 3.05) is 14.2 Å². The number of aryl methyl sites for hydroxylation is 1. The first-order valence-electron chi connectivity index (χ1n) is 10.0. The molecule has 2 aromatic rings. The highest BCUT2D eigenvalue weighted by molar-refractivity contribution is 6.46. The molecule has 158 valence electrons. The first-order valence-corrected chi connectivity index (χ1v) is 10.0. The van der Waals surface area contributed by atoms with Crippen molar-refractivity contribution in [3.63, 3.8) is 0 Å². The minimum atomic E-state index is -0.755. The van der Waals surface area contributed by atoms with Gasteiger partial charge in [0.05, 0.1) is 19.8 Å². The average molecular weight is 411 g/mol. The van der Waals surface area contributed by atoms with E-state index in [-0.39, 0.29) is 17.4 Å². The molecule has 4 rings (SSSR count). The Balaban J connectivity index is 1.87. The van der Waals surface area contributed by atoms with Gasteiger partial charge in [0.25, 0.3) is 11.7 Å². The fourth-order valence-corrected chi connectivity index (χ4v) is 4.43. The Kier molecular flexibility index (Phi) is 5.28. The zero-order chi connectivity index (χ0) is 21.4. The minimum absolute atomic E-state index is 0.0356. The molecule has 0 bridgehead atoms. The molecule has 1 aliphatic heterocycles. The van der Waals surface area contributed by atoms with Gasteiger partial charge < -0.3 is 23.9 Å². The molecule has 0 radical (unpaired) electrons. The number of aliphatic hydroxyl groups is 1. The Labute approximate surface area is 174 Å². The molecular weight excluding hydrogens is 386 g/mol. The van der Waals surface area contributed by atoms with Crippen LogP contribution < -0.4 is 9.47 Å². The van der Waals surface area contributed by atoms with E-state index < -0.39 is 17.7 Å². The van der Waals surface area contributed by atoms with Crippen molar-refractivity contribution in [3.8, 4) is 11.5 Å². The number of ketones is 1. The summed E-state index contributed by atoms with van der Waals surface area (Å²) in [5.41, 5.74) is 0.402. The third-order valence-electron chi connectivity index (χ3n) is 5.89. The molecule has 2 fully saturated rings. The van der Waals surface area contributed by atoms with Crippen LogP contribution in [-0.4, -0.2) is 42.0 Å². The molecule has 1 N–H and O–H groups in total. The highest BCUT2D eigenvalue weighted by Crippen LogP contribution is 2.44. The summed E-state index contributed by atoms with van der Waals surface area (Å²) >= 11 is 0. The first-order chi connectivity index (χ1) is 14.5. The van der Waals surface area contributed by atoms with Crippen molar-refractivity contribution in [2.24, 2.45) is 0 Å². The predicted molar refractivity (Wildman–Crippen MR) is 109 cm³/mol. The van der Waals surface area contributed by atoms with Crippen LogP contribution in [0, 0.1) is 6.92 Å². The van der Waals surface area contributed by atoms with Crippen LogP contribution in [0.4, 0.5) is 0 Å². The van der Waals surface area contributed by atoms with Crippen molar-refractivity contribution in [1.29, 1.82) is 0 Å². The van der Waals surface area contributed by atoms with E-state index in [4.69, 9.17) is 13.9 Å². The molecule has 1 saturated heterocycles. The van der Waals surface area contributed by atoms with E-state index in [1.54, 1.807) is 42.2 Å². The smallest absolute Gasteiger partial charge is 0.296 e. The maximum absolute atomic E-state index is 13.0. The summed E-state index contributed by atoms with van der Waals surface area (Å²) in [4.78, 5) is 27.6. The number of aliphatic hydroxyl groups excluding tert-OH is 1. The lowest BCUT2D eigenvalue weighted by atomic mass is 9.98. The summed E-state index contributed by atoms with van der Waals surface area (Å²) in [5, 5.41) is 11.1. The van der Waals surface area contributed by atoms with Crippen molar-refractivity contribution in [2.45, 2.75) is 44.7 Å². The van der Waals surface area contributed by atoms with Gasteiger partial charge in [-0.3, -0.25) is 9.59 Å². The van der Waals surface area contributed by atoms with Crippen LogP contribution >= 0.6 is 0 Å². The maximum atomic E-state index is 13.0. The molecule has 7 heteroatoms. The third kappa shape index (κ3) is 3.24.